The van der Waals surface area contributed by atoms with Crippen LogP contribution in [0.1, 0.15) is 20.2 Å². The molecular weight excluding hydrogens is 308 g/mol. The van der Waals surface area contributed by atoms with E-state index in [2.05, 4.69) is 22.2 Å². The Morgan fingerprint density at radius 1 is 1.22 bits per heavy atom. The molecule has 1 amide bonds. The summed E-state index contributed by atoms with van der Waals surface area (Å²) in [5.41, 5.74) is 1.78. The molecule has 3 rings (SSSR count). The minimum Gasteiger partial charge on any atom is -0.380 e. The van der Waals surface area contributed by atoms with Crippen LogP contribution in [0.4, 0.5) is 5.69 Å². The van der Waals surface area contributed by atoms with Gasteiger partial charge in [-0.1, -0.05) is 0 Å². The van der Waals surface area contributed by atoms with E-state index in [4.69, 9.17) is 0 Å². The van der Waals surface area contributed by atoms with Crippen molar-refractivity contribution in [2.75, 3.05) is 38.5 Å². The van der Waals surface area contributed by atoms with Crippen LogP contribution in [0.25, 0.3) is 0 Å². The standard InChI is InChI=1S/C17H22N4OS/c1-13-18-11-16(23-13)12-19-15-5-3-14(4-6-15)17(22)21-9-7-20(2)8-10-21/h3-6,11,19H,7-10,12H2,1-2H3. The minimum absolute atomic E-state index is 0.128. The summed E-state index contributed by atoms with van der Waals surface area (Å²) in [6, 6.07) is 7.75. The van der Waals surface area contributed by atoms with Gasteiger partial charge in [0.15, 0.2) is 0 Å². The number of amides is 1. The lowest BCUT2D eigenvalue weighted by molar-refractivity contribution is 0.0664. The summed E-state index contributed by atoms with van der Waals surface area (Å²) in [6.07, 6.45) is 1.90. The number of rotatable bonds is 4. The maximum absolute atomic E-state index is 12.5. The van der Waals surface area contributed by atoms with Gasteiger partial charge in [0.2, 0.25) is 0 Å². The third kappa shape index (κ3) is 4.09. The van der Waals surface area contributed by atoms with Crippen LogP contribution >= 0.6 is 11.3 Å². The summed E-state index contributed by atoms with van der Waals surface area (Å²) in [6.45, 7) is 6.27. The molecule has 1 N–H and O–H groups in total. The first kappa shape index (κ1) is 16.0. The van der Waals surface area contributed by atoms with Crippen molar-refractivity contribution in [2.24, 2.45) is 0 Å². The third-order valence-electron chi connectivity index (χ3n) is 4.06. The summed E-state index contributed by atoms with van der Waals surface area (Å²) in [5.74, 6) is 0.128. The predicted octanol–water partition coefficient (Wildman–Crippen LogP) is 2.45. The molecule has 2 heterocycles. The average molecular weight is 330 g/mol. The van der Waals surface area contributed by atoms with Gasteiger partial charge in [-0.15, -0.1) is 11.3 Å². The van der Waals surface area contributed by atoms with Crippen LogP contribution in [0.2, 0.25) is 0 Å². The van der Waals surface area contributed by atoms with Crippen molar-refractivity contribution in [3.05, 3.63) is 45.9 Å². The molecule has 1 aliphatic rings. The highest BCUT2D eigenvalue weighted by Gasteiger charge is 2.20. The van der Waals surface area contributed by atoms with Gasteiger partial charge in [-0.2, -0.15) is 0 Å². The molecule has 1 aromatic carbocycles. The number of carbonyl (C=O) groups excluding carboxylic acids is 1. The molecule has 0 saturated carbocycles. The van der Waals surface area contributed by atoms with E-state index in [-0.39, 0.29) is 5.91 Å². The Labute approximate surface area is 140 Å². The average Bonchev–Trinajstić information content (AvgIpc) is 2.99. The van der Waals surface area contributed by atoms with Gasteiger partial charge >= 0.3 is 0 Å². The number of benzene rings is 1. The van der Waals surface area contributed by atoms with Crippen molar-refractivity contribution < 1.29 is 4.79 Å². The number of thiazole rings is 1. The van der Waals surface area contributed by atoms with E-state index in [9.17, 15) is 4.79 Å². The number of piperazine rings is 1. The van der Waals surface area contributed by atoms with Crippen LogP contribution in [-0.2, 0) is 6.54 Å². The van der Waals surface area contributed by atoms with Crippen molar-refractivity contribution in [1.29, 1.82) is 0 Å². The van der Waals surface area contributed by atoms with Crippen LogP contribution in [0.15, 0.2) is 30.5 Å². The number of hydrogen-bond acceptors (Lipinski definition) is 5. The van der Waals surface area contributed by atoms with E-state index in [1.807, 2.05) is 42.3 Å². The maximum atomic E-state index is 12.5. The van der Waals surface area contributed by atoms with Crippen molar-refractivity contribution in [3.8, 4) is 0 Å². The molecule has 23 heavy (non-hydrogen) atoms. The van der Waals surface area contributed by atoms with Crippen molar-refractivity contribution in [2.45, 2.75) is 13.5 Å². The number of nitrogens with one attached hydrogen (secondary N) is 1. The molecule has 0 aliphatic carbocycles. The summed E-state index contributed by atoms with van der Waals surface area (Å²) in [4.78, 5) is 22.1. The second-order valence-corrected chi connectivity index (χ2v) is 7.19. The van der Waals surface area contributed by atoms with Gasteiger partial charge in [0.05, 0.1) is 11.6 Å². The van der Waals surface area contributed by atoms with Gasteiger partial charge < -0.3 is 15.1 Å². The number of likely N-dealkylation sites (N-methyl/N-ethyl adjacent to an activating group) is 1. The van der Waals surface area contributed by atoms with E-state index in [1.165, 1.54) is 4.88 Å². The molecule has 2 aromatic rings. The smallest absolute Gasteiger partial charge is 0.253 e. The SMILES string of the molecule is Cc1ncc(CNc2ccc(C(=O)N3CCN(C)CC3)cc2)s1. The molecule has 0 spiro atoms. The first-order valence-corrected chi connectivity index (χ1v) is 8.66. The lowest BCUT2D eigenvalue weighted by atomic mass is 10.1. The Hall–Kier alpha value is -1.92. The lowest BCUT2D eigenvalue weighted by Crippen LogP contribution is -2.47. The molecule has 122 valence electrons. The van der Waals surface area contributed by atoms with Crippen molar-refractivity contribution in [3.63, 3.8) is 0 Å². The predicted molar refractivity (Wildman–Crippen MR) is 94.0 cm³/mol. The van der Waals surface area contributed by atoms with E-state index >= 15 is 0 Å². The molecule has 1 fully saturated rings. The van der Waals surface area contributed by atoms with E-state index in [0.717, 1.165) is 49.0 Å². The Morgan fingerprint density at radius 3 is 2.52 bits per heavy atom. The summed E-state index contributed by atoms with van der Waals surface area (Å²) in [5, 5.41) is 4.44. The highest BCUT2D eigenvalue weighted by atomic mass is 32.1. The van der Waals surface area contributed by atoms with Crippen LogP contribution in [0, 0.1) is 6.92 Å². The molecule has 0 radical (unpaired) electrons. The first-order valence-electron chi connectivity index (χ1n) is 7.85. The Bertz CT molecular complexity index is 659. The molecule has 6 heteroatoms. The second-order valence-electron chi connectivity index (χ2n) is 5.87. The Morgan fingerprint density at radius 2 is 1.91 bits per heavy atom. The van der Waals surface area contributed by atoms with Crippen LogP contribution in [-0.4, -0.2) is 53.9 Å². The fourth-order valence-corrected chi connectivity index (χ4v) is 3.33. The third-order valence-corrected chi connectivity index (χ3v) is 4.97. The van der Waals surface area contributed by atoms with Gasteiger partial charge in [0, 0.05) is 48.5 Å². The van der Waals surface area contributed by atoms with Crippen molar-refractivity contribution in [1.82, 2.24) is 14.8 Å². The number of aromatic nitrogens is 1. The highest BCUT2D eigenvalue weighted by Crippen LogP contribution is 2.16. The number of hydrogen-bond donors (Lipinski definition) is 1. The summed E-state index contributed by atoms with van der Waals surface area (Å²) in [7, 11) is 2.09. The number of aryl methyl sites for hydroxylation is 1. The molecule has 0 bridgehead atoms. The number of nitrogens with zero attached hydrogens (tertiary/aromatic N) is 3. The van der Waals surface area contributed by atoms with Crippen LogP contribution < -0.4 is 5.32 Å². The first-order chi connectivity index (χ1) is 11.1. The topological polar surface area (TPSA) is 48.5 Å². The highest BCUT2D eigenvalue weighted by molar-refractivity contribution is 7.11. The van der Waals surface area contributed by atoms with Crippen molar-refractivity contribution >= 4 is 22.9 Å². The quantitative estimate of drug-likeness (QED) is 0.935. The summed E-state index contributed by atoms with van der Waals surface area (Å²) >= 11 is 1.70. The van der Waals surface area contributed by atoms with E-state index in [1.54, 1.807) is 11.3 Å². The molecule has 0 atom stereocenters. The zero-order valence-electron chi connectivity index (χ0n) is 13.6. The molecule has 1 saturated heterocycles. The fraction of sp³-hybridized carbons (Fsp3) is 0.412. The van der Waals surface area contributed by atoms with E-state index in [0.29, 0.717) is 0 Å². The molecule has 1 aromatic heterocycles. The zero-order chi connectivity index (χ0) is 16.2. The fourth-order valence-electron chi connectivity index (χ4n) is 2.60. The molecule has 5 nitrogen and oxygen atoms in total. The monoisotopic (exact) mass is 330 g/mol. The largest absolute Gasteiger partial charge is 0.380 e. The second kappa shape index (κ2) is 7.10. The summed E-state index contributed by atoms with van der Waals surface area (Å²) < 4.78 is 0. The number of anilines is 1. The van der Waals surface area contributed by atoms with Gasteiger partial charge in [0.25, 0.3) is 5.91 Å². The molecule has 1 aliphatic heterocycles. The van der Waals surface area contributed by atoms with E-state index < -0.39 is 0 Å². The van der Waals surface area contributed by atoms with Crippen LogP contribution in [0.5, 0.6) is 0 Å². The van der Waals surface area contributed by atoms with Gasteiger partial charge in [0.1, 0.15) is 0 Å². The van der Waals surface area contributed by atoms with Gasteiger partial charge in [-0.3, -0.25) is 4.79 Å². The zero-order valence-corrected chi connectivity index (χ0v) is 14.4. The maximum Gasteiger partial charge on any atom is 0.253 e. The lowest BCUT2D eigenvalue weighted by Gasteiger charge is -2.32. The number of carbonyl (C=O) groups is 1. The Balaban J connectivity index is 1.57. The normalized spacial score (nSPS) is 15.7. The van der Waals surface area contributed by atoms with Crippen LogP contribution in [0.3, 0.4) is 0 Å². The minimum atomic E-state index is 0.128. The van der Waals surface area contributed by atoms with Gasteiger partial charge in [-0.25, -0.2) is 4.98 Å². The molecular formula is C17H22N4OS. The molecule has 0 unspecified atom stereocenters. The Kier molecular flexibility index (Phi) is 4.93. The van der Waals surface area contributed by atoms with Gasteiger partial charge in [-0.05, 0) is 38.2 Å².